The predicted molar refractivity (Wildman–Crippen MR) is 144 cm³/mol. The molecule has 182 valence electrons. The van der Waals surface area contributed by atoms with Gasteiger partial charge in [0, 0.05) is 27.1 Å². The first-order chi connectivity index (χ1) is 16.9. The highest BCUT2D eigenvalue weighted by Crippen LogP contribution is 2.37. The van der Waals surface area contributed by atoms with Gasteiger partial charge in [0.2, 0.25) is 0 Å². The van der Waals surface area contributed by atoms with Gasteiger partial charge in [-0.25, -0.2) is 14.8 Å². The van der Waals surface area contributed by atoms with Crippen LogP contribution in [0.25, 0.3) is 21.7 Å². The van der Waals surface area contributed by atoms with Gasteiger partial charge >= 0.3 is 5.97 Å². The number of hydrogen-bond acceptors (Lipinski definition) is 8. The third kappa shape index (κ3) is 5.55. The number of aromatic nitrogens is 2. The van der Waals surface area contributed by atoms with E-state index in [1.54, 1.807) is 36.0 Å². The number of rotatable bonds is 9. The molecule has 0 spiro atoms. The molecule has 0 aliphatic carbocycles. The molecule has 0 aliphatic heterocycles. The van der Waals surface area contributed by atoms with Crippen LogP contribution in [0.5, 0.6) is 5.75 Å². The van der Waals surface area contributed by atoms with Gasteiger partial charge in [-0.1, -0.05) is 39.0 Å². The van der Waals surface area contributed by atoms with Gasteiger partial charge in [0.25, 0.3) is 0 Å². The van der Waals surface area contributed by atoms with E-state index in [1.807, 2.05) is 23.6 Å². The molecule has 3 heterocycles. The molecule has 0 saturated carbocycles. The van der Waals surface area contributed by atoms with E-state index >= 15 is 0 Å². The number of hydrogen-bond donors (Lipinski definition) is 1. The van der Waals surface area contributed by atoms with Crippen LogP contribution < -0.4 is 10.1 Å². The van der Waals surface area contributed by atoms with Crippen molar-refractivity contribution in [3.8, 4) is 27.4 Å². The first kappa shape index (κ1) is 24.9. The number of esters is 1. The lowest BCUT2D eigenvalue weighted by atomic mass is 10.0. The summed E-state index contributed by atoms with van der Waals surface area (Å²) < 4.78 is 10.7. The molecule has 1 aromatic carbocycles. The number of pyridine rings is 1. The Morgan fingerprint density at radius 3 is 2.63 bits per heavy atom. The van der Waals surface area contributed by atoms with Gasteiger partial charge in [0.1, 0.15) is 17.1 Å². The maximum Gasteiger partial charge on any atom is 0.341 e. The number of carbonyl (C=O) groups is 1. The first-order valence-corrected chi connectivity index (χ1v) is 13.2. The maximum absolute atomic E-state index is 12.6. The molecule has 0 fully saturated rings. The van der Waals surface area contributed by atoms with Crippen molar-refractivity contribution in [2.45, 2.75) is 33.6 Å². The van der Waals surface area contributed by atoms with Crippen molar-refractivity contribution in [2.75, 3.05) is 19.5 Å². The molecular weight excluding hydrogens is 478 g/mol. The van der Waals surface area contributed by atoms with Gasteiger partial charge in [-0.3, -0.25) is 0 Å². The lowest BCUT2D eigenvalue weighted by Gasteiger charge is -2.10. The minimum atomic E-state index is -0.447. The standard InChI is InChI=1S/C27H29N3O3S2/c1-6-17-9-10-18(14-21(17)32-4)24-23(12-16(2)3)35-27(29-24)30-25-20(26(31)33-5)13-19(15-28-25)22-8-7-11-34-22/h7-11,13-16H,6,12H2,1-5H3,(H,28,29,30). The molecule has 1 N–H and O–H groups in total. The first-order valence-electron chi connectivity index (χ1n) is 11.5. The Hall–Kier alpha value is -3.23. The third-order valence-electron chi connectivity index (χ3n) is 5.56. The molecule has 4 rings (SSSR count). The largest absolute Gasteiger partial charge is 0.496 e. The molecular formula is C27H29N3O3S2. The van der Waals surface area contributed by atoms with Gasteiger partial charge < -0.3 is 14.8 Å². The van der Waals surface area contributed by atoms with Crippen molar-refractivity contribution < 1.29 is 14.3 Å². The summed E-state index contributed by atoms with van der Waals surface area (Å²) in [6.07, 6.45) is 3.55. The van der Waals surface area contributed by atoms with Gasteiger partial charge in [-0.2, -0.15) is 0 Å². The minimum absolute atomic E-state index is 0.370. The highest BCUT2D eigenvalue weighted by Gasteiger charge is 2.20. The molecule has 0 saturated heterocycles. The molecule has 4 aromatic rings. The van der Waals surface area contributed by atoms with Crippen molar-refractivity contribution in [3.05, 3.63) is 64.0 Å². The fourth-order valence-electron chi connectivity index (χ4n) is 3.83. The number of methoxy groups -OCH3 is 2. The Bertz CT molecular complexity index is 1310. The maximum atomic E-state index is 12.6. The molecule has 3 aromatic heterocycles. The molecule has 0 unspecified atom stereocenters. The Balaban J connectivity index is 1.73. The van der Waals surface area contributed by atoms with Crippen LogP contribution in [0.1, 0.15) is 41.6 Å². The van der Waals surface area contributed by atoms with Gasteiger partial charge in [-0.15, -0.1) is 22.7 Å². The van der Waals surface area contributed by atoms with E-state index in [0.717, 1.165) is 45.9 Å². The highest BCUT2D eigenvalue weighted by atomic mass is 32.1. The Morgan fingerprint density at radius 2 is 1.97 bits per heavy atom. The number of benzene rings is 1. The Labute approximate surface area is 214 Å². The molecule has 35 heavy (non-hydrogen) atoms. The fraction of sp³-hybridized carbons (Fsp3) is 0.296. The Morgan fingerprint density at radius 1 is 1.14 bits per heavy atom. The second-order valence-corrected chi connectivity index (χ2v) is 10.5. The molecule has 8 heteroatoms. The van der Waals surface area contributed by atoms with Crippen LogP contribution in [0.15, 0.2) is 48.0 Å². The summed E-state index contributed by atoms with van der Waals surface area (Å²) in [6.45, 7) is 6.50. The molecule has 6 nitrogen and oxygen atoms in total. The summed E-state index contributed by atoms with van der Waals surface area (Å²) in [5.74, 6) is 1.31. The van der Waals surface area contributed by atoms with Crippen LogP contribution in [0.3, 0.4) is 0 Å². The summed E-state index contributed by atoms with van der Waals surface area (Å²) >= 11 is 3.17. The van der Waals surface area contributed by atoms with Crippen LogP contribution in [0, 0.1) is 5.92 Å². The van der Waals surface area contributed by atoms with Crippen molar-refractivity contribution >= 4 is 39.6 Å². The number of ether oxygens (including phenoxy) is 2. The van der Waals surface area contributed by atoms with Gasteiger partial charge in [0.05, 0.1) is 19.9 Å². The monoisotopic (exact) mass is 507 g/mol. The normalized spacial score (nSPS) is 11.0. The summed E-state index contributed by atoms with van der Waals surface area (Å²) in [7, 11) is 3.07. The topological polar surface area (TPSA) is 73.3 Å². The molecule has 0 atom stereocenters. The zero-order valence-corrected chi connectivity index (χ0v) is 22.2. The number of carbonyl (C=O) groups excluding carboxylic acids is 1. The van der Waals surface area contributed by atoms with E-state index in [-0.39, 0.29) is 0 Å². The number of aryl methyl sites for hydroxylation is 1. The van der Waals surface area contributed by atoms with E-state index < -0.39 is 5.97 Å². The third-order valence-corrected chi connectivity index (χ3v) is 7.47. The molecule has 0 amide bonds. The van der Waals surface area contributed by atoms with E-state index in [9.17, 15) is 4.79 Å². The molecule has 0 bridgehead atoms. The number of anilines is 2. The highest BCUT2D eigenvalue weighted by molar-refractivity contribution is 7.16. The zero-order chi connectivity index (χ0) is 24.9. The smallest absolute Gasteiger partial charge is 0.341 e. The van der Waals surface area contributed by atoms with E-state index in [1.165, 1.54) is 12.0 Å². The SMILES string of the molecule is CCc1ccc(-c2nc(Nc3ncc(-c4cccs4)cc3C(=O)OC)sc2CC(C)C)cc1OC. The lowest BCUT2D eigenvalue weighted by molar-refractivity contribution is 0.0601. The van der Waals surface area contributed by atoms with Gasteiger partial charge in [0.15, 0.2) is 5.13 Å². The van der Waals surface area contributed by atoms with Crippen molar-refractivity contribution in [2.24, 2.45) is 5.92 Å². The second-order valence-electron chi connectivity index (χ2n) is 8.48. The lowest BCUT2D eigenvalue weighted by Crippen LogP contribution is -2.07. The number of nitrogens with one attached hydrogen (secondary N) is 1. The Kier molecular flexibility index (Phi) is 7.83. The van der Waals surface area contributed by atoms with Crippen LogP contribution in [0.4, 0.5) is 10.9 Å². The fourth-order valence-corrected chi connectivity index (χ4v) is 5.74. The van der Waals surface area contributed by atoms with Crippen molar-refractivity contribution in [1.82, 2.24) is 9.97 Å². The zero-order valence-electron chi connectivity index (χ0n) is 20.5. The average molecular weight is 508 g/mol. The van der Waals surface area contributed by atoms with Crippen LogP contribution in [-0.4, -0.2) is 30.2 Å². The summed E-state index contributed by atoms with van der Waals surface area (Å²) in [5.41, 5.74) is 4.33. The van der Waals surface area contributed by atoms with Crippen molar-refractivity contribution in [1.29, 1.82) is 0 Å². The van der Waals surface area contributed by atoms with Crippen LogP contribution >= 0.6 is 22.7 Å². The van der Waals surface area contributed by atoms with Crippen molar-refractivity contribution in [3.63, 3.8) is 0 Å². The average Bonchev–Trinajstić information content (AvgIpc) is 3.53. The van der Waals surface area contributed by atoms with Crippen LogP contribution in [-0.2, 0) is 17.6 Å². The van der Waals surface area contributed by atoms with E-state index in [0.29, 0.717) is 22.4 Å². The quantitative estimate of drug-likeness (QED) is 0.241. The number of thiophene rings is 1. The summed E-state index contributed by atoms with van der Waals surface area (Å²) in [4.78, 5) is 24.3. The molecule has 0 aliphatic rings. The number of thiazole rings is 1. The second kappa shape index (κ2) is 11.0. The van der Waals surface area contributed by atoms with Crippen LogP contribution in [0.2, 0.25) is 0 Å². The summed E-state index contributed by atoms with van der Waals surface area (Å²) in [6, 6.07) is 12.0. The summed E-state index contributed by atoms with van der Waals surface area (Å²) in [5, 5.41) is 5.95. The minimum Gasteiger partial charge on any atom is -0.496 e. The van der Waals surface area contributed by atoms with E-state index in [2.05, 4.69) is 49.3 Å². The predicted octanol–water partition coefficient (Wildman–Crippen LogP) is 7.23. The number of nitrogens with zero attached hydrogens (tertiary/aromatic N) is 2. The van der Waals surface area contributed by atoms with E-state index in [4.69, 9.17) is 14.5 Å². The van der Waals surface area contributed by atoms with Gasteiger partial charge in [-0.05, 0) is 47.9 Å². The molecule has 0 radical (unpaired) electrons.